The minimum Gasteiger partial charge on any atom is -0.495 e. The minimum atomic E-state index is -0.318. The Labute approximate surface area is 191 Å². The van der Waals surface area contributed by atoms with E-state index in [0.717, 1.165) is 41.2 Å². The lowest BCUT2D eigenvalue weighted by molar-refractivity contribution is -0.137. The van der Waals surface area contributed by atoms with Gasteiger partial charge in [0, 0.05) is 32.0 Å². The molecule has 0 bridgehead atoms. The number of thiazole rings is 1. The predicted octanol–water partition coefficient (Wildman–Crippen LogP) is 4.37. The number of amides is 2. The number of para-hydroxylation sites is 1. The highest BCUT2D eigenvalue weighted by molar-refractivity contribution is 7.18. The van der Waals surface area contributed by atoms with Crippen molar-refractivity contribution in [2.24, 2.45) is 5.92 Å². The first-order valence-electron chi connectivity index (χ1n) is 11.1. The van der Waals surface area contributed by atoms with Crippen LogP contribution < -0.4 is 9.64 Å². The van der Waals surface area contributed by atoms with Crippen molar-refractivity contribution in [2.45, 2.75) is 32.1 Å². The van der Waals surface area contributed by atoms with Crippen molar-refractivity contribution in [1.82, 2.24) is 9.88 Å². The summed E-state index contributed by atoms with van der Waals surface area (Å²) in [6.45, 7) is 3.82. The van der Waals surface area contributed by atoms with Crippen molar-refractivity contribution < 1.29 is 14.3 Å². The number of fused-ring (bicyclic) bond motifs is 1. The number of carbonyl (C=O) groups is 2. The van der Waals surface area contributed by atoms with E-state index < -0.39 is 0 Å². The van der Waals surface area contributed by atoms with E-state index >= 15 is 0 Å². The SMILES string of the molecule is COc1ccc(C)cc1N1C[C@H](C(=O)N2CCC[C@H](c3nc4ccccc4s3)C2)CC1=O. The van der Waals surface area contributed by atoms with Crippen molar-refractivity contribution in [2.75, 3.05) is 31.6 Å². The van der Waals surface area contributed by atoms with Crippen molar-refractivity contribution >= 4 is 39.1 Å². The first kappa shape index (κ1) is 20.9. The summed E-state index contributed by atoms with van der Waals surface area (Å²) in [5, 5.41) is 1.11. The number of anilines is 1. The van der Waals surface area contributed by atoms with E-state index in [1.54, 1.807) is 23.3 Å². The highest BCUT2D eigenvalue weighted by Gasteiger charge is 2.39. The average molecular weight is 450 g/mol. The molecule has 2 saturated heterocycles. The van der Waals surface area contributed by atoms with Crippen LogP contribution in [0, 0.1) is 12.8 Å². The zero-order valence-electron chi connectivity index (χ0n) is 18.4. The number of piperidine rings is 1. The van der Waals surface area contributed by atoms with Crippen molar-refractivity contribution in [3.05, 3.63) is 53.0 Å². The number of hydrogen-bond donors (Lipinski definition) is 0. The Morgan fingerprint density at radius 3 is 2.84 bits per heavy atom. The molecular weight excluding hydrogens is 422 g/mol. The fourth-order valence-corrected chi connectivity index (χ4v) is 5.91. The molecule has 1 aromatic heterocycles. The number of hydrogen-bond acceptors (Lipinski definition) is 5. The number of methoxy groups -OCH3 is 1. The first-order chi connectivity index (χ1) is 15.5. The van der Waals surface area contributed by atoms with Gasteiger partial charge in [0.25, 0.3) is 0 Å². The van der Waals surface area contributed by atoms with E-state index in [2.05, 4.69) is 6.07 Å². The second-order valence-corrected chi connectivity index (χ2v) is 9.79. The Morgan fingerprint density at radius 2 is 2.03 bits per heavy atom. The van der Waals surface area contributed by atoms with Gasteiger partial charge in [0.05, 0.1) is 33.9 Å². The van der Waals surface area contributed by atoms with Gasteiger partial charge in [-0.05, 0) is 49.6 Å². The van der Waals surface area contributed by atoms with Gasteiger partial charge in [-0.25, -0.2) is 4.98 Å². The van der Waals surface area contributed by atoms with Crippen LogP contribution in [-0.4, -0.2) is 48.4 Å². The molecule has 32 heavy (non-hydrogen) atoms. The fraction of sp³-hybridized carbons (Fsp3) is 0.400. The lowest BCUT2D eigenvalue weighted by atomic mass is 9.96. The molecule has 2 aliphatic rings. The van der Waals surface area contributed by atoms with E-state index in [4.69, 9.17) is 9.72 Å². The van der Waals surface area contributed by atoms with Gasteiger partial charge in [-0.2, -0.15) is 0 Å². The van der Waals surface area contributed by atoms with Crippen LogP contribution in [0.2, 0.25) is 0 Å². The Bertz CT molecular complexity index is 1140. The number of benzene rings is 2. The van der Waals surface area contributed by atoms with Gasteiger partial charge in [-0.15, -0.1) is 11.3 Å². The fourth-order valence-electron chi connectivity index (χ4n) is 4.82. The van der Waals surface area contributed by atoms with E-state index in [1.165, 1.54) is 4.70 Å². The Morgan fingerprint density at radius 1 is 1.19 bits per heavy atom. The smallest absolute Gasteiger partial charge is 0.228 e. The molecule has 2 aromatic carbocycles. The zero-order chi connectivity index (χ0) is 22.2. The topological polar surface area (TPSA) is 62.7 Å². The van der Waals surface area contributed by atoms with E-state index in [-0.39, 0.29) is 30.1 Å². The normalized spacial score (nSPS) is 21.4. The number of likely N-dealkylation sites (tertiary alicyclic amines) is 1. The molecule has 7 heteroatoms. The van der Waals surface area contributed by atoms with Gasteiger partial charge in [-0.1, -0.05) is 18.2 Å². The molecule has 3 heterocycles. The third-order valence-electron chi connectivity index (χ3n) is 6.49. The second-order valence-electron chi connectivity index (χ2n) is 8.72. The number of nitrogens with zero attached hydrogens (tertiary/aromatic N) is 3. The van der Waals surface area contributed by atoms with E-state index in [9.17, 15) is 9.59 Å². The summed E-state index contributed by atoms with van der Waals surface area (Å²) in [5.41, 5.74) is 2.83. The molecule has 0 radical (unpaired) electrons. The minimum absolute atomic E-state index is 0.0213. The molecule has 0 N–H and O–H groups in total. The van der Waals surface area contributed by atoms with Gasteiger partial charge < -0.3 is 14.5 Å². The predicted molar refractivity (Wildman–Crippen MR) is 126 cm³/mol. The van der Waals surface area contributed by atoms with Crippen LogP contribution in [0.1, 0.15) is 35.8 Å². The maximum atomic E-state index is 13.4. The molecule has 166 valence electrons. The van der Waals surface area contributed by atoms with Crippen molar-refractivity contribution in [3.63, 3.8) is 0 Å². The molecule has 2 atom stereocenters. The second kappa shape index (κ2) is 8.54. The number of aryl methyl sites for hydroxylation is 1. The molecule has 2 aliphatic heterocycles. The lowest BCUT2D eigenvalue weighted by Gasteiger charge is -2.33. The molecule has 5 rings (SSSR count). The molecule has 2 amide bonds. The summed E-state index contributed by atoms with van der Waals surface area (Å²) in [6, 6.07) is 14.0. The maximum absolute atomic E-state index is 13.4. The Hall–Kier alpha value is -2.93. The van der Waals surface area contributed by atoms with Gasteiger partial charge >= 0.3 is 0 Å². The van der Waals surface area contributed by atoms with Crippen LogP contribution in [0.3, 0.4) is 0 Å². The molecule has 0 aliphatic carbocycles. The molecule has 0 saturated carbocycles. The van der Waals surface area contributed by atoms with E-state index in [1.807, 2.05) is 48.2 Å². The highest BCUT2D eigenvalue weighted by atomic mass is 32.1. The summed E-state index contributed by atoms with van der Waals surface area (Å²) >= 11 is 1.73. The lowest BCUT2D eigenvalue weighted by Crippen LogP contribution is -2.43. The molecular formula is C25H27N3O3S. The molecule has 0 spiro atoms. The monoisotopic (exact) mass is 449 g/mol. The summed E-state index contributed by atoms with van der Waals surface area (Å²) in [6.07, 6.45) is 2.25. The molecule has 0 unspecified atom stereocenters. The number of aromatic nitrogens is 1. The van der Waals surface area contributed by atoms with Gasteiger partial charge in [0.2, 0.25) is 11.8 Å². The summed E-state index contributed by atoms with van der Waals surface area (Å²) in [7, 11) is 1.60. The Kier molecular flexibility index (Phi) is 5.59. The quantitative estimate of drug-likeness (QED) is 0.593. The molecule has 6 nitrogen and oxygen atoms in total. The zero-order valence-corrected chi connectivity index (χ0v) is 19.2. The third-order valence-corrected chi connectivity index (χ3v) is 7.69. The van der Waals surface area contributed by atoms with Crippen LogP contribution in [0.15, 0.2) is 42.5 Å². The number of rotatable bonds is 4. The number of ether oxygens (including phenoxy) is 1. The molecule has 3 aromatic rings. The van der Waals surface area contributed by atoms with Crippen LogP contribution >= 0.6 is 11.3 Å². The van der Waals surface area contributed by atoms with Crippen LogP contribution in [0.4, 0.5) is 5.69 Å². The van der Waals surface area contributed by atoms with Crippen molar-refractivity contribution in [1.29, 1.82) is 0 Å². The van der Waals surface area contributed by atoms with Crippen molar-refractivity contribution in [3.8, 4) is 5.75 Å². The van der Waals surface area contributed by atoms with Gasteiger partial charge in [0.1, 0.15) is 5.75 Å². The summed E-state index contributed by atoms with van der Waals surface area (Å²) < 4.78 is 6.66. The largest absolute Gasteiger partial charge is 0.495 e. The standard InChI is InChI=1S/C25H27N3O3S/c1-16-9-10-21(31-2)20(12-16)28-15-18(13-23(28)29)25(30)27-11-5-6-17(14-27)24-26-19-7-3-4-8-22(19)32-24/h3-4,7-10,12,17-18H,5-6,11,13-15H2,1-2H3/t17-,18+/m0/s1. The van der Waals surface area contributed by atoms with Gasteiger partial charge in [-0.3, -0.25) is 9.59 Å². The average Bonchev–Trinajstić information content (AvgIpc) is 3.42. The van der Waals surface area contributed by atoms with Gasteiger partial charge in [0.15, 0.2) is 0 Å². The Balaban J connectivity index is 1.31. The van der Waals surface area contributed by atoms with Crippen LogP contribution in [-0.2, 0) is 9.59 Å². The summed E-state index contributed by atoms with van der Waals surface area (Å²) in [4.78, 5) is 34.7. The maximum Gasteiger partial charge on any atom is 0.228 e. The first-order valence-corrected chi connectivity index (χ1v) is 11.9. The molecule has 2 fully saturated rings. The third kappa shape index (κ3) is 3.86. The summed E-state index contributed by atoms with van der Waals surface area (Å²) in [5.74, 6) is 0.660. The highest BCUT2D eigenvalue weighted by Crippen LogP contribution is 2.36. The van der Waals surface area contributed by atoms with Crippen LogP contribution in [0.25, 0.3) is 10.2 Å². The number of carbonyl (C=O) groups excluding carboxylic acids is 2. The van der Waals surface area contributed by atoms with Crippen LogP contribution in [0.5, 0.6) is 5.75 Å². The van der Waals surface area contributed by atoms with E-state index in [0.29, 0.717) is 18.8 Å².